The number of fused-ring (bicyclic) bond motifs is 1. The Morgan fingerprint density at radius 3 is 2.09 bits per heavy atom. The number of aryl methyl sites for hydroxylation is 2. The molecule has 0 aliphatic carbocycles. The van der Waals surface area contributed by atoms with Crippen molar-refractivity contribution < 1.29 is 4.79 Å². The number of thiol groups is 1. The molecule has 4 aromatic carbocycles. The van der Waals surface area contributed by atoms with Crippen molar-refractivity contribution in [1.82, 2.24) is 14.5 Å². The van der Waals surface area contributed by atoms with E-state index in [0.717, 1.165) is 64.2 Å². The lowest BCUT2D eigenvalue weighted by Crippen LogP contribution is -2.39. The summed E-state index contributed by atoms with van der Waals surface area (Å²) in [5, 5.41) is 0.641. The van der Waals surface area contributed by atoms with Crippen molar-refractivity contribution in [1.29, 1.82) is 0 Å². The van der Waals surface area contributed by atoms with Gasteiger partial charge in [0.05, 0.1) is 10.9 Å². The van der Waals surface area contributed by atoms with Crippen molar-refractivity contribution in [2.75, 3.05) is 19.6 Å². The third-order valence-electron chi connectivity index (χ3n) is 8.62. The van der Waals surface area contributed by atoms with Crippen LogP contribution in [0.15, 0.2) is 94.6 Å². The number of likely N-dealkylation sites (tertiary alicyclic amines) is 1. The van der Waals surface area contributed by atoms with Crippen molar-refractivity contribution in [2.45, 2.75) is 38.1 Å². The summed E-state index contributed by atoms with van der Waals surface area (Å²) in [5.74, 6) is 0.119. The number of Topliss-reactive ketones (excluding diaryl/α,β-unsaturated/α-hetero) is 1. The molecule has 0 unspecified atom stereocenters. The number of carbonyl (C=O) groups excluding carboxylic acids is 1. The number of benzene rings is 4. The Morgan fingerprint density at radius 1 is 0.837 bits per heavy atom. The van der Waals surface area contributed by atoms with Gasteiger partial charge in [-0.05, 0) is 87.4 Å². The molecule has 7 heteroatoms. The molecule has 43 heavy (non-hydrogen) atoms. The van der Waals surface area contributed by atoms with E-state index in [4.69, 9.17) is 24.8 Å². The summed E-state index contributed by atoms with van der Waals surface area (Å²) in [7, 11) is 0. The summed E-state index contributed by atoms with van der Waals surface area (Å²) >= 11 is 10.4. The topological polar surface area (TPSA) is 58.1 Å². The van der Waals surface area contributed by atoms with Crippen LogP contribution in [-0.2, 0) is 6.54 Å². The number of hydrogen-bond donors (Lipinski definition) is 2. The van der Waals surface area contributed by atoms with E-state index in [2.05, 4.69) is 72.3 Å². The second-order valence-electron chi connectivity index (χ2n) is 11.5. The molecule has 5 nitrogen and oxygen atoms in total. The van der Waals surface area contributed by atoms with E-state index in [-0.39, 0.29) is 17.3 Å². The Morgan fingerprint density at radius 2 is 1.44 bits per heavy atom. The van der Waals surface area contributed by atoms with Gasteiger partial charge in [-0.2, -0.15) is 0 Å². The maximum atomic E-state index is 14.2. The summed E-state index contributed by atoms with van der Waals surface area (Å²) in [4.78, 5) is 33.6. The number of aromatic nitrogens is 2. The molecule has 1 N–H and O–H groups in total. The van der Waals surface area contributed by atoms with Crippen LogP contribution in [0, 0.1) is 24.5 Å². The second kappa shape index (κ2) is 12.4. The van der Waals surface area contributed by atoms with Crippen molar-refractivity contribution in [3.8, 4) is 22.3 Å². The van der Waals surface area contributed by atoms with Crippen LogP contribution >= 0.6 is 24.8 Å². The first kappa shape index (κ1) is 29.3. The number of aromatic amines is 1. The monoisotopic (exact) mass is 605 g/mol. The molecule has 0 saturated carbocycles. The van der Waals surface area contributed by atoms with Crippen molar-refractivity contribution in [2.24, 2.45) is 5.92 Å². The minimum Gasteiger partial charge on any atom is -0.332 e. The van der Waals surface area contributed by atoms with Gasteiger partial charge in [0.15, 0.2) is 10.6 Å². The molecular weight excluding hydrogens is 571 g/mol. The van der Waals surface area contributed by atoms with Crippen LogP contribution in [0.5, 0.6) is 0 Å². The molecule has 1 aliphatic heterocycles. The SMILES string of the molecule is Cc1ccc(-c2c(S)ccc(C(=O)C3CCN(CCn4c(=S)[nH]c5ccccc5c4=O)CC3)c2-c2ccc(C)cc2)cc1. The number of nitrogens with one attached hydrogen (secondary N) is 1. The first-order chi connectivity index (χ1) is 20.8. The van der Waals surface area contributed by atoms with Gasteiger partial charge in [-0.15, -0.1) is 12.6 Å². The molecule has 0 atom stereocenters. The predicted molar refractivity (Wildman–Crippen MR) is 181 cm³/mol. The van der Waals surface area contributed by atoms with Gasteiger partial charge in [0, 0.05) is 40.6 Å². The zero-order valence-electron chi connectivity index (χ0n) is 24.5. The number of para-hydroxylation sites is 1. The zero-order chi connectivity index (χ0) is 30.1. The normalized spacial score (nSPS) is 14.3. The fourth-order valence-electron chi connectivity index (χ4n) is 6.11. The molecule has 2 heterocycles. The van der Waals surface area contributed by atoms with Crippen LogP contribution in [0.25, 0.3) is 33.2 Å². The molecule has 1 aliphatic rings. The van der Waals surface area contributed by atoms with Crippen LogP contribution < -0.4 is 5.56 Å². The number of hydrogen-bond acceptors (Lipinski definition) is 5. The number of rotatable bonds is 7. The highest BCUT2D eigenvalue weighted by Crippen LogP contribution is 2.41. The maximum Gasteiger partial charge on any atom is 0.262 e. The summed E-state index contributed by atoms with van der Waals surface area (Å²) in [6, 6.07) is 28.2. The van der Waals surface area contributed by atoms with Gasteiger partial charge in [-0.25, -0.2) is 0 Å². The average molecular weight is 606 g/mol. The lowest BCUT2D eigenvalue weighted by molar-refractivity contribution is 0.0838. The molecule has 0 radical (unpaired) electrons. The largest absolute Gasteiger partial charge is 0.332 e. The lowest BCUT2D eigenvalue weighted by atomic mass is 9.82. The number of carbonyl (C=O) groups is 1. The van der Waals surface area contributed by atoms with E-state index in [1.807, 2.05) is 36.4 Å². The van der Waals surface area contributed by atoms with E-state index in [1.54, 1.807) is 4.57 Å². The van der Waals surface area contributed by atoms with Crippen molar-refractivity contribution >= 4 is 41.5 Å². The van der Waals surface area contributed by atoms with Gasteiger partial charge < -0.3 is 9.88 Å². The first-order valence-corrected chi connectivity index (χ1v) is 15.6. The Hall–Kier alpha value is -3.78. The first-order valence-electron chi connectivity index (χ1n) is 14.8. The van der Waals surface area contributed by atoms with Gasteiger partial charge >= 0.3 is 0 Å². The van der Waals surface area contributed by atoms with E-state index < -0.39 is 0 Å². The second-order valence-corrected chi connectivity index (χ2v) is 12.4. The minimum absolute atomic E-state index is 0.0648. The molecule has 1 saturated heterocycles. The van der Waals surface area contributed by atoms with Gasteiger partial charge in [0.2, 0.25) is 0 Å². The van der Waals surface area contributed by atoms with Gasteiger partial charge in [-0.3, -0.25) is 14.2 Å². The van der Waals surface area contributed by atoms with E-state index in [0.29, 0.717) is 23.2 Å². The van der Waals surface area contributed by atoms with Crippen LogP contribution in [0.3, 0.4) is 0 Å². The standard InChI is InChI=1S/C36H35N3O2S2/c1-23-7-11-25(12-8-23)32-29(15-16-31(42)33(32)26-13-9-24(2)10-14-26)34(40)27-17-19-38(20-18-27)21-22-39-35(41)28-5-3-4-6-30(28)37-36(39)43/h3-16,27,42H,17-22H2,1-2H3,(H,37,43). The van der Waals surface area contributed by atoms with Crippen LogP contribution in [-0.4, -0.2) is 39.9 Å². The fraction of sp³-hybridized carbons (Fsp3) is 0.250. The summed E-state index contributed by atoms with van der Waals surface area (Å²) in [5.41, 5.74) is 7.83. The molecule has 6 rings (SSSR count). The third kappa shape index (κ3) is 6.03. The number of piperidine rings is 1. The lowest BCUT2D eigenvalue weighted by Gasteiger charge is -2.32. The maximum absolute atomic E-state index is 14.2. The van der Waals surface area contributed by atoms with Gasteiger partial charge in [-0.1, -0.05) is 71.8 Å². The summed E-state index contributed by atoms with van der Waals surface area (Å²) in [6.07, 6.45) is 1.54. The fourth-order valence-corrected chi connectivity index (χ4v) is 6.71. The van der Waals surface area contributed by atoms with E-state index in [1.165, 1.54) is 11.1 Å². The third-order valence-corrected chi connectivity index (χ3v) is 9.31. The highest BCUT2D eigenvalue weighted by molar-refractivity contribution is 7.80. The molecule has 1 aromatic heterocycles. The molecule has 0 amide bonds. The van der Waals surface area contributed by atoms with E-state index in [9.17, 15) is 9.59 Å². The van der Waals surface area contributed by atoms with Crippen molar-refractivity contribution in [3.05, 3.63) is 117 Å². The Balaban J connectivity index is 1.23. The Kier molecular flexibility index (Phi) is 8.48. The Bertz CT molecular complexity index is 1920. The molecule has 1 fully saturated rings. The molecule has 0 bridgehead atoms. The minimum atomic E-state index is -0.0664. The number of H-pyrrole nitrogens is 1. The highest BCUT2D eigenvalue weighted by Gasteiger charge is 2.29. The van der Waals surface area contributed by atoms with Gasteiger partial charge in [0.1, 0.15) is 0 Å². The molecular formula is C36H35N3O2S2. The van der Waals surface area contributed by atoms with Crippen molar-refractivity contribution in [3.63, 3.8) is 0 Å². The smallest absolute Gasteiger partial charge is 0.262 e. The zero-order valence-corrected chi connectivity index (χ0v) is 26.2. The van der Waals surface area contributed by atoms with Crippen LogP contribution in [0.4, 0.5) is 0 Å². The quantitative estimate of drug-likeness (QED) is 0.113. The predicted octanol–water partition coefficient (Wildman–Crippen LogP) is 7.89. The average Bonchev–Trinajstić information content (AvgIpc) is 3.02. The van der Waals surface area contributed by atoms with Crippen LogP contribution in [0.2, 0.25) is 0 Å². The van der Waals surface area contributed by atoms with Crippen LogP contribution in [0.1, 0.15) is 34.3 Å². The number of nitrogens with zero attached hydrogens (tertiary/aromatic N) is 2. The van der Waals surface area contributed by atoms with E-state index >= 15 is 0 Å². The number of ketones is 1. The molecule has 0 spiro atoms. The summed E-state index contributed by atoms with van der Waals surface area (Å²) < 4.78 is 2.09. The molecule has 218 valence electrons. The Labute approximate surface area is 262 Å². The highest BCUT2D eigenvalue weighted by atomic mass is 32.1. The molecule has 5 aromatic rings. The van der Waals surface area contributed by atoms with Gasteiger partial charge in [0.25, 0.3) is 5.56 Å². The summed E-state index contributed by atoms with van der Waals surface area (Å²) in [6.45, 7) is 6.96.